The van der Waals surface area contributed by atoms with Crippen LogP contribution >= 0.6 is 0 Å². The first-order valence-electron chi connectivity index (χ1n) is 5.64. The van der Waals surface area contributed by atoms with Gasteiger partial charge in [0.05, 0.1) is 7.11 Å². The van der Waals surface area contributed by atoms with E-state index in [0.29, 0.717) is 6.04 Å². The lowest BCUT2D eigenvalue weighted by Crippen LogP contribution is -2.17. The van der Waals surface area contributed by atoms with Gasteiger partial charge in [0.15, 0.2) is 0 Å². The summed E-state index contributed by atoms with van der Waals surface area (Å²) in [6.45, 7) is 5.24. The normalized spacial score (nSPS) is 12.9. The molecule has 0 aliphatic heterocycles. The van der Waals surface area contributed by atoms with Crippen molar-refractivity contribution < 1.29 is 4.74 Å². The smallest absolute Gasteiger partial charge is 0.119 e. The van der Waals surface area contributed by atoms with Crippen LogP contribution in [0.3, 0.4) is 0 Å². The minimum Gasteiger partial charge on any atom is -0.497 e. The standard InChI is InChI=1S/C13H18N2O/c1-4-14-9(2)13-8-10-7-11(16-3)5-6-12(10)15-13/h5-9,14-15H,4H2,1-3H3. The first-order valence-corrected chi connectivity index (χ1v) is 5.64. The van der Waals surface area contributed by atoms with Crippen LogP contribution in [0.15, 0.2) is 24.3 Å². The fourth-order valence-corrected chi connectivity index (χ4v) is 1.91. The second-order valence-corrected chi connectivity index (χ2v) is 3.96. The van der Waals surface area contributed by atoms with E-state index in [1.54, 1.807) is 7.11 Å². The summed E-state index contributed by atoms with van der Waals surface area (Å²) in [5, 5.41) is 4.58. The Bertz CT molecular complexity index is 476. The number of hydrogen-bond donors (Lipinski definition) is 2. The predicted molar refractivity (Wildman–Crippen MR) is 66.9 cm³/mol. The fraction of sp³-hybridized carbons (Fsp3) is 0.385. The summed E-state index contributed by atoms with van der Waals surface area (Å²) in [6.07, 6.45) is 0. The molecule has 0 aliphatic rings. The largest absolute Gasteiger partial charge is 0.497 e. The highest BCUT2D eigenvalue weighted by atomic mass is 16.5. The van der Waals surface area contributed by atoms with Crippen molar-refractivity contribution in [1.82, 2.24) is 10.3 Å². The van der Waals surface area contributed by atoms with Gasteiger partial charge in [-0.2, -0.15) is 0 Å². The van der Waals surface area contributed by atoms with Crippen molar-refractivity contribution in [1.29, 1.82) is 0 Å². The maximum Gasteiger partial charge on any atom is 0.119 e. The molecule has 3 nitrogen and oxygen atoms in total. The first kappa shape index (κ1) is 11.0. The van der Waals surface area contributed by atoms with Gasteiger partial charge in [0.1, 0.15) is 5.75 Å². The summed E-state index contributed by atoms with van der Waals surface area (Å²) >= 11 is 0. The lowest BCUT2D eigenvalue weighted by molar-refractivity contribution is 0.415. The van der Waals surface area contributed by atoms with E-state index in [9.17, 15) is 0 Å². The molecular formula is C13H18N2O. The Balaban J connectivity index is 2.35. The third-order valence-electron chi connectivity index (χ3n) is 2.83. The van der Waals surface area contributed by atoms with Gasteiger partial charge < -0.3 is 15.0 Å². The van der Waals surface area contributed by atoms with Gasteiger partial charge in [-0.15, -0.1) is 0 Å². The predicted octanol–water partition coefficient (Wildman–Crippen LogP) is 2.85. The molecule has 0 saturated carbocycles. The number of benzene rings is 1. The summed E-state index contributed by atoms with van der Waals surface area (Å²) in [5.41, 5.74) is 2.37. The first-order chi connectivity index (χ1) is 7.74. The maximum atomic E-state index is 5.21. The summed E-state index contributed by atoms with van der Waals surface area (Å²) in [4.78, 5) is 3.41. The van der Waals surface area contributed by atoms with Crippen molar-refractivity contribution in [2.45, 2.75) is 19.9 Å². The van der Waals surface area contributed by atoms with E-state index in [-0.39, 0.29) is 0 Å². The van der Waals surface area contributed by atoms with Crippen LogP contribution in [-0.4, -0.2) is 18.6 Å². The van der Waals surface area contributed by atoms with Gasteiger partial charge in [-0.3, -0.25) is 0 Å². The van der Waals surface area contributed by atoms with Crippen LogP contribution in [0.1, 0.15) is 25.6 Å². The molecule has 0 spiro atoms. The van der Waals surface area contributed by atoms with Crippen LogP contribution in [-0.2, 0) is 0 Å². The molecule has 0 bridgehead atoms. The Morgan fingerprint density at radius 3 is 2.88 bits per heavy atom. The van der Waals surface area contributed by atoms with Crippen LogP contribution in [0.5, 0.6) is 5.75 Å². The molecule has 0 fully saturated rings. The Morgan fingerprint density at radius 2 is 2.19 bits per heavy atom. The zero-order chi connectivity index (χ0) is 11.5. The van der Waals surface area contributed by atoms with Gasteiger partial charge in [0.25, 0.3) is 0 Å². The molecule has 0 amide bonds. The topological polar surface area (TPSA) is 37.0 Å². The van der Waals surface area contributed by atoms with Gasteiger partial charge >= 0.3 is 0 Å². The molecule has 1 aromatic carbocycles. The van der Waals surface area contributed by atoms with Crippen molar-refractivity contribution in [3.05, 3.63) is 30.0 Å². The molecular weight excluding hydrogens is 200 g/mol. The molecule has 86 valence electrons. The highest BCUT2D eigenvalue weighted by Gasteiger charge is 2.07. The number of fused-ring (bicyclic) bond motifs is 1. The average molecular weight is 218 g/mol. The van der Waals surface area contributed by atoms with E-state index in [2.05, 4.69) is 36.3 Å². The van der Waals surface area contributed by atoms with Gasteiger partial charge in [-0.05, 0) is 37.7 Å². The summed E-state index contributed by atoms with van der Waals surface area (Å²) in [7, 11) is 1.69. The molecule has 16 heavy (non-hydrogen) atoms. The van der Waals surface area contributed by atoms with E-state index in [4.69, 9.17) is 4.74 Å². The summed E-state index contributed by atoms with van der Waals surface area (Å²) < 4.78 is 5.21. The highest BCUT2D eigenvalue weighted by Crippen LogP contribution is 2.23. The van der Waals surface area contributed by atoms with Crippen LogP contribution in [0.25, 0.3) is 10.9 Å². The molecule has 0 aliphatic carbocycles. The van der Waals surface area contributed by atoms with Crippen molar-refractivity contribution in [2.75, 3.05) is 13.7 Å². The number of H-pyrrole nitrogens is 1. The van der Waals surface area contributed by atoms with Crippen LogP contribution in [0.2, 0.25) is 0 Å². The molecule has 3 heteroatoms. The maximum absolute atomic E-state index is 5.21. The number of aromatic nitrogens is 1. The Hall–Kier alpha value is -1.48. The van der Waals surface area contributed by atoms with Gasteiger partial charge in [-0.1, -0.05) is 6.92 Å². The molecule has 0 radical (unpaired) electrons. The Morgan fingerprint density at radius 1 is 1.38 bits per heavy atom. The summed E-state index contributed by atoms with van der Waals surface area (Å²) in [5.74, 6) is 0.897. The van der Waals surface area contributed by atoms with Gasteiger partial charge in [0, 0.05) is 22.6 Å². The number of rotatable bonds is 4. The highest BCUT2D eigenvalue weighted by molar-refractivity contribution is 5.82. The minimum absolute atomic E-state index is 0.350. The molecule has 0 saturated heterocycles. The fourth-order valence-electron chi connectivity index (χ4n) is 1.91. The van der Waals surface area contributed by atoms with Crippen LogP contribution in [0, 0.1) is 0 Å². The van der Waals surface area contributed by atoms with Crippen molar-refractivity contribution in [3.63, 3.8) is 0 Å². The number of ether oxygens (including phenoxy) is 1. The quantitative estimate of drug-likeness (QED) is 0.828. The minimum atomic E-state index is 0.350. The molecule has 2 rings (SSSR count). The van der Waals surface area contributed by atoms with Crippen LogP contribution in [0.4, 0.5) is 0 Å². The SMILES string of the molecule is CCNC(C)c1cc2cc(OC)ccc2[nH]1. The Labute approximate surface area is 95.8 Å². The molecule has 1 atom stereocenters. The third kappa shape index (κ3) is 2.04. The van der Waals surface area contributed by atoms with E-state index in [1.807, 2.05) is 12.1 Å². The zero-order valence-corrected chi connectivity index (χ0v) is 10.0. The average Bonchev–Trinajstić information content (AvgIpc) is 2.71. The van der Waals surface area contributed by atoms with Gasteiger partial charge in [0.2, 0.25) is 0 Å². The molecule has 1 heterocycles. The second kappa shape index (κ2) is 4.58. The van der Waals surface area contributed by atoms with Crippen molar-refractivity contribution >= 4 is 10.9 Å². The molecule has 1 unspecified atom stereocenters. The summed E-state index contributed by atoms with van der Waals surface area (Å²) in [6, 6.07) is 8.60. The van der Waals surface area contributed by atoms with E-state index in [1.165, 1.54) is 11.1 Å². The van der Waals surface area contributed by atoms with Crippen molar-refractivity contribution in [3.8, 4) is 5.75 Å². The number of nitrogens with one attached hydrogen (secondary N) is 2. The van der Waals surface area contributed by atoms with Crippen molar-refractivity contribution in [2.24, 2.45) is 0 Å². The lowest BCUT2D eigenvalue weighted by Gasteiger charge is -2.09. The molecule has 1 aromatic heterocycles. The lowest BCUT2D eigenvalue weighted by atomic mass is 10.2. The van der Waals surface area contributed by atoms with E-state index >= 15 is 0 Å². The molecule has 2 N–H and O–H groups in total. The van der Waals surface area contributed by atoms with Crippen LogP contribution < -0.4 is 10.1 Å². The van der Waals surface area contributed by atoms with E-state index < -0.39 is 0 Å². The van der Waals surface area contributed by atoms with Gasteiger partial charge in [-0.25, -0.2) is 0 Å². The number of hydrogen-bond acceptors (Lipinski definition) is 2. The number of methoxy groups -OCH3 is 1. The number of aromatic amines is 1. The van der Waals surface area contributed by atoms with E-state index in [0.717, 1.165) is 17.8 Å². The second-order valence-electron chi connectivity index (χ2n) is 3.96. The monoisotopic (exact) mass is 218 g/mol. The third-order valence-corrected chi connectivity index (χ3v) is 2.83. The Kier molecular flexibility index (Phi) is 3.15. The zero-order valence-electron chi connectivity index (χ0n) is 10.0. The molecule has 2 aromatic rings.